The normalized spacial score (nSPS) is 20.8. The van der Waals surface area contributed by atoms with Crippen molar-refractivity contribution >= 4 is 11.7 Å². The Morgan fingerprint density at radius 1 is 1.46 bits per heavy atom. The molecule has 0 aromatic carbocycles. The van der Waals surface area contributed by atoms with Gasteiger partial charge in [-0.25, -0.2) is 4.98 Å². The summed E-state index contributed by atoms with van der Waals surface area (Å²) >= 11 is 0. The van der Waals surface area contributed by atoms with Crippen LogP contribution in [0.2, 0.25) is 0 Å². The van der Waals surface area contributed by atoms with Crippen LogP contribution in [0.15, 0.2) is 29.7 Å². The number of hydrogen-bond donors (Lipinski definition) is 0. The second kappa shape index (κ2) is 7.11. The Labute approximate surface area is 143 Å². The van der Waals surface area contributed by atoms with Gasteiger partial charge in [-0.2, -0.15) is 0 Å². The molecule has 1 fully saturated rings. The molecule has 1 amide bonds. The summed E-state index contributed by atoms with van der Waals surface area (Å²) in [5, 5.41) is 0. The molecule has 0 saturated carbocycles. The lowest BCUT2D eigenvalue weighted by molar-refractivity contribution is -0.127. The molecule has 24 heavy (non-hydrogen) atoms. The monoisotopic (exact) mass is 331 g/mol. The molecule has 0 aliphatic carbocycles. The second-order valence-electron chi connectivity index (χ2n) is 6.49. The number of carbonyl (C=O) groups is 1. The van der Waals surface area contributed by atoms with E-state index >= 15 is 0 Å². The van der Waals surface area contributed by atoms with Crippen molar-refractivity contribution in [1.29, 1.82) is 0 Å². The number of pyridine rings is 1. The fraction of sp³-hybridized carbons (Fsp3) is 0.556. The fourth-order valence-corrected chi connectivity index (χ4v) is 3.18. The van der Waals surface area contributed by atoms with Crippen molar-refractivity contribution in [2.45, 2.75) is 32.3 Å². The number of hydrogen-bond acceptors (Lipinski definition) is 5. The molecule has 1 unspecified atom stereocenters. The Kier molecular flexibility index (Phi) is 4.92. The summed E-state index contributed by atoms with van der Waals surface area (Å²) < 4.78 is 11.6. The fourth-order valence-electron chi connectivity index (χ4n) is 3.18. The van der Waals surface area contributed by atoms with Crippen molar-refractivity contribution in [3.8, 4) is 5.75 Å². The van der Waals surface area contributed by atoms with Crippen molar-refractivity contribution in [2.75, 3.05) is 38.7 Å². The summed E-state index contributed by atoms with van der Waals surface area (Å²) in [6.45, 7) is 3.92. The number of anilines is 1. The highest BCUT2D eigenvalue weighted by molar-refractivity contribution is 5.94. The highest BCUT2D eigenvalue weighted by Crippen LogP contribution is 2.28. The second-order valence-corrected chi connectivity index (χ2v) is 6.49. The molecule has 0 spiro atoms. The summed E-state index contributed by atoms with van der Waals surface area (Å²) in [6, 6.07) is 3.79. The van der Waals surface area contributed by atoms with Crippen LogP contribution in [0.5, 0.6) is 5.75 Å². The van der Waals surface area contributed by atoms with Gasteiger partial charge in [0.05, 0.1) is 18.7 Å². The molecular weight excluding hydrogens is 306 g/mol. The van der Waals surface area contributed by atoms with E-state index in [-0.39, 0.29) is 12.0 Å². The Balaban J connectivity index is 1.65. The van der Waals surface area contributed by atoms with Gasteiger partial charge < -0.3 is 19.3 Å². The Morgan fingerprint density at radius 2 is 2.29 bits per heavy atom. The zero-order chi connectivity index (χ0) is 17.1. The van der Waals surface area contributed by atoms with Crippen LogP contribution >= 0.6 is 0 Å². The molecule has 1 saturated heterocycles. The summed E-state index contributed by atoms with van der Waals surface area (Å²) in [5.41, 5.74) is 0.817. The zero-order valence-electron chi connectivity index (χ0n) is 14.6. The van der Waals surface area contributed by atoms with Crippen LogP contribution in [-0.2, 0) is 9.53 Å². The van der Waals surface area contributed by atoms with Crippen LogP contribution in [0.1, 0.15) is 26.2 Å². The molecular formula is C18H25N3O3. The van der Waals surface area contributed by atoms with Crippen molar-refractivity contribution in [2.24, 2.45) is 0 Å². The number of ether oxygens (including phenoxy) is 2. The zero-order valence-corrected chi connectivity index (χ0v) is 14.6. The molecule has 0 N–H and O–H groups in total. The SMILES string of the molecule is CC1=C(C(=O)N2CCC(Oc3cccnc3N(C)C)C2)CCCO1. The van der Waals surface area contributed by atoms with Crippen LogP contribution in [0, 0.1) is 0 Å². The Bertz CT molecular complexity index is 642. The van der Waals surface area contributed by atoms with E-state index in [1.165, 1.54) is 0 Å². The van der Waals surface area contributed by atoms with Gasteiger partial charge in [-0.15, -0.1) is 0 Å². The Morgan fingerprint density at radius 3 is 3.04 bits per heavy atom. The number of likely N-dealkylation sites (tertiary alicyclic amines) is 1. The molecule has 6 nitrogen and oxygen atoms in total. The van der Waals surface area contributed by atoms with E-state index in [9.17, 15) is 4.79 Å². The van der Waals surface area contributed by atoms with E-state index in [2.05, 4.69) is 4.98 Å². The van der Waals surface area contributed by atoms with Gasteiger partial charge >= 0.3 is 0 Å². The maximum Gasteiger partial charge on any atom is 0.253 e. The minimum absolute atomic E-state index is 0.00210. The number of amides is 1. The predicted octanol–water partition coefficient (Wildman–Crippen LogP) is 2.21. The first kappa shape index (κ1) is 16.6. The van der Waals surface area contributed by atoms with Crippen molar-refractivity contribution in [3.05, 3.63) is 29.7 Å². The number of rotatable bonds is 4. The van der Waals surface area contributed by atoms with E-state index in [1.807, 2.05) is 43.0 Å². The lowest BCUT2D eigenvalue weighted by Gasteiger charge is -2.23. The molecule has 3 rings (SSSR count). The number of carbonyl (C=O) groups excluding carboxylic acids is 1. The van der Waals surface area contributed by atoms with E-state index < -0.39 is 0 Å². The van der Waals surface area contributed by atoms with E-state index in [1.54, 1.807) is 6.20 Å². The summed E-state index contributed by atoms with van der Waals surface area (Å²) in [5.74, 6) is 2.44. The molecule has 1 aromatic rings. The predicted molar refractivity (Wildman–Crippen MR) is 92.1 cm³/mol. The first-order chi connectivity index (χ1) is 11.6. The van der Waals surface area contributed by atoms with Gasteiger partial charge in [-0.05, 0) is 31.9 Å². The van der Waals surface area contributed by atoms with Gasteiger partial charge in [0.25, 0.3) is 5.91 Å². The van der Waals surface area contributed by atoms with Crippen LogP contribution in [0.4, 0.5) is 5.82 Å². The number of aromatic nitrogens is 1. The molecule has 3 heterocycles. The molecule has 1 atom stereocenters. The maximum absolute atomic E-state index is 12.7. The third kappa shape index (κ3) is 3.47. The first-order valence-corrected chi connectivity index (χ1v) is 8.47. The lowest BCUT2D eigenvalue weighted by Crippen LogP contribution is -2.33. The van der Waals surface area contributed by atoms with Gasteiger partial charge in [-0.1, -0.05) is 0 Å². The molecule has 0 bridgehead atoms. The average molecular weight is 331 g/mol. The van der Waals surface area contributed by atoms with Crippen LogP contribution in [0.3, 0.4) is 0 Å². The van der Waals surface area contributed by atoms with Crippen molar-refractivity contribution in [3.63, 3.8) is 0 Å². The van der Waals surface area contributed by atoms with Gasteiger partial charge in [0.15, 0.2) is 11.6 Å². The molecule has 6 heteroatoms. The Hall–Kier alpha value is -2.24. The number of nitrogens with zero attached hydrogens (tertiary/aromatic N) is 3. The standard InChI is InChI=1S/C18H25N3O3/c1-13-15(6-5-11-23-13)18(22)21-10-8-14(12-21)24-16-7-4-9-19-17(16)20(2)3/h4,7,9,14H,5-6,8,10-12H2,1-3H3. The summed E-state index contributed by atoms with van der Waals surface area (Å²) in [6.07, 6.45) is 4.31. The van der Waals surface area contributed by atoms with Gasteiger partial charge in [0.2, 0.25) is 0 Å². The largest absolute Gasteiger partial charge is 0.498 e. The van der Waals surface area contributed by atoms with Crippen LogP contribution < -0.4 is 9.64 Å². The third-order valence-electron chi connectivity index (χ3n) is 4.47. The molecule has 2 aliphatic heterocycles. The van der Waals surface area contributed by atoms with Crippen molar-refractivity contribution in [1.82, 2.24) is 9.88 Å². The highest BCUT2D eigenvalue weighted by Gasteiger charge is 2.31. The minimum Gasteiger partial charge on any atom is -0.498 e. The van der Waals surface area contributed by atoms with Crippen molar-refractivity contribution < 1.29 is 14.3 Å². The lowest BCUT2D eigenvalue weighted by atomic mass is 10.1. The minimum atomic E-state index is 0.00210. The number of allylic oxidation sites excluding steroid dienone is 1. The molecule has 0 radical (unpaired) electrons. The molecule has 130 valence electrons. The highest BCUT2D eigenvalue weighted by atomic mass is 16.5. The van der Waals surface area contributed by atoms with Gasteiger partial charge in [0.1, 0.15) is 11.9 Å². The smallest absolute Gasteiger partial charge is 0.253 e. The van der Waals surface area contributed by atoms with Crippen LogP contribution in [-0.4, -0.2) is 55.7 Å². The van der Waals surface area contributed by atoms with Gasteiger partial charge in [-0.3, -0.25) is 4.79 Å². The van der Waals surface area contributed by atoms with E-state index in [0.717, 1.165) is 48.7 Å². The molecule has 2 aliphatic rings. The topological polar surface area (TPSA) is 54.9 Å². The quantitative estimate of drug-likeness (QED) is 0.847. The van der Waals surface area contributed by atoms with E-state index in [4.69, 9.17) is 9.47 Å². The maximum atomic E-state index is 12.7. The first-order valence-electron chi connectivity index (χ1n) is 8.47. The molecule has 1 aromatic heterocycles. The van der Waals surface area contributed by atoms with Gasteiger partial charge in [0, 0.05) is 33.3 Å². The summed E-state index contributed by atoms with van der Waals surface area (Å²) in [7, 11) is 3.88. The average Bonchev–Trinajstić information content (AvgIpc) is 3.03. The third-order valence-corrected chi connectivity index (χ3v) is 4.47. The van der Waals surface area contributed by atoms with Crippen LogP contribution in [0.25, 0.3) is 0 Å². The van der Waals surface area contributed by atoms with E-state index in [0.29, 0.717) is 13.2 Å². The summed E-state index contributed by atoms with van der Waals surface area (Å²) in [4.78, 5) is 20.9.